The highest BCUT2D eigenvalue weighted by Crippen LogP contribution is 2.19. The van der Waals surface area contributed by atoms with Crippen molar-refractivity contribution in [3.8, 4) is 0 Å². The van der Waals surface area contributed by atoms with Crippen molar-refractivity contribution in [2.75, 3.05) is 19.6 Å². The Kier molecular flexibility index (Phi) is 6.39. The number of hydrogen-bond acceptors (Lipinski definition) is 4. The van der Waals surface area contributed by atoms with Gasteiger partial charge in [-0.3, -0.25) is 19.5 Å². The molecule has 1 aliphatic heterocycles. The normalized spacial score (nSPS) is 19.7. The predicted molar refractivity (Wildman–Crippen MR) is 95.6 cm³/mol. The van der Waals surface area contributed by atoms with E-state index in [4.69, 9.17) is 0 Å². The maximum Gasteiger partial charge on any atom is 0.309 e. The summed E-state index contributed by atoms with van der Waals surface area (Å²) in [5.74, 6) is -0.501. The van der Waals surface area contributed by atoms with Gasteiger partial charge in [0.2, 0.25) is 0 Å². The van der Waals surface area contributed by atoms with Gasteiger partial charge in [0.1, 0.15) is 0 Å². The number of hydrogen-bond donors (Lipinski definition) is 2. The van der Waals surface area contributed by atoms with Crippen molar-refractivity contribution in [1.29, 1.82) is 0 Å². The molecule has 2 aliphatic rings. The number of nitrogens with zero attached hydrogens (tertiary/aromatic N) is 2. The van der Waals surface area contributed by atoms with Crippen LogP contribution in [0.2, 0.25) is 0 Å². The van der Waals surface area contributed by atoms with Crippen LogP contribution in [0.5, 0.6) is 0 Å². The average molecular weight is 344 g/mol. The Hall–Kier alpha value is -1.95. The summed E-state index contributed by atoms with van der Waals surface area (Å²) in [6.45, 7) is 3.56. The number of carbonyl (C=O) groups excluding carboxylic acids is 2. The molecule has 0 unspecified atom stereocenters. The Balaban J connectivity index is 1.33. The number of amides is 2. The molecular weight excluding hydrogens is 316 g/mol. The second-order valence-corrected chi connectivity index (χ2v) is 7.25. The number of carbonyl (C=O) groups is 2. The predicted octanol–water partition coefficient (Wildman–Crippen LogP) is 1.47. The van der Waals surface area contributed by atoms with E-state index >= 15 is 0 Å². The fourth-order valence-electron chi connectivity index (χ4n) is 3.74. The topological polar surface area (TPSA) is 74.3 Å². The largest absolute Gasteiger partial charge is 0.348 e. The van der Waals surface area contributed by atoms with Crippen molar-refractivity contribution >= 4 is 11.8 Å². The Bertz CT molecular complexity index is 564. The van der Waals surface area contributed by atoms with Crippen LogP contribution >= 0.6 is 0 Å². The maximum absolute atomic E-state index is 11.9. The molecule has 0 spiro atoms. The molecule has 25 heavy (non-hydrogen) atoms. The highest BCUT2D eigenvalue weighted by molar-refractivity contribution is 6.35. The van der Waals surface area contributed by atoms with E-state index in [1.54, 1.807) is 6.20 Å². The van der Waals surface area contributed by atoms with E-state index in [-0.39, 0.29) is 6.04 Å². The minimum Gasteiger partial charge on any atom is -0.348 e. The second-order valence-electron chi connectivity index (χ2n) is 7.25. The summed E-state index contributed by atoms with van der Waals surface area (Å²) in [4.78, 5) is 30.4. The lowest BCUT2D eigenvalue weighted by Crippen LogP contribution is -2.46. The molecule has 0 atom stereocenters. The lowest BCUT2D eigenvalue weighted by atomic mass is 9.96. The molecule has 0 bridgehead atoms. The highest BCUT2D eigenvalue weighted by atomic mass is 16.2. The van der Waals surface area contributed by atoms with Crippen LogP contribution in [0.1, 0.15) is 44.1 Å². The van der Waals surface area contributed by atoms with Gasteiger partial charge in [-0.1, -0.05) is 18.9 Å². The second kappa shape index (κ2) is 8.94. The standard InChI is InChI=1S/C19H28N4O2/c24-18(19(25)22-17-5-1-2-6-17)21-13-15-7-10-23(11-8-15)14-16-4-3-9-20-12-16/h3-4,9,12,15,17H,1-2,5-8,10-11,13-14H2,(H,21,24)(H,22,25). The minimum atomic E-state index is -0.482. The van der Waals surface area contributed by atoms with E-state index in [1.165, 1.54) is 5.56 Å². The fourth-order valence-corrected chi connectivity index (χ4v) is 3.74. The summed E-state index contributed by atoms with van der Waals surface area (Å²) in [5, 5.41) is 5.65. The molecule has 1 saturated heterocycles. The van der Waals surface area contributed by atoms with Crippen LogP contribution in [0, 0.1) is 5.92 Å². The molecule has 1 saturated carbocycles. The van der Waals surface area contributed by atoms with Gasteiger partial charge in [0.25, 0.3) is 0 Å². The van der Waals surface area contributed by atoms with Crippen molar-refractivity contribution in [2.24, 2.45) is 5.92 Å². The Morgan fingerprint density at radius 2 is 1.88 bits per heavy atom. The quantitative estimate of drug-likeness (QED) is 0.793. The zero-order valence-electron chi connectivity index (χ0n) is 14.7. The van der Waals surface area contributed by atoms with Gasteiger partial charge in [-0.05, 0) is 56.3 Å². The summed E-state index contributed by atoms with van der Waals surface area (Å²) in [6, 6.07) is 4.25. The van der Waals surface area contributed by atoms with Gasteiger partial charge in [-0.15, -0.1) is 0 Å². The summed E-state index contributed by atoms with van der Waals surface area (Å²) in [6.07, 6.45) is 10.1. The van der Waals surface area contributed by atoms with Crippen LogP contribution < -0.4 is 10.6 Å². The number of nitrogens with one attached hydrogen (secondary N) is 2. The van der Waals surface area contributed by atoms with Crippen LogP contribution in [-0.2, 0) is 16.1 Å². The highest BCUT2D eigenvalue weighted by Gasteiger charge is 2.23. The molecule has 2 fully saturated rings. The first-order valence-electron chi connectivity index (χ1n) is 9.40. The lowest BCUT2D eigenvalue weighted by Gasteiger charge is -2.31. The Labute approximate surface area is 149 Å². The van der Waals surface area contributed by atoms with E-state index in [1.807, 2.05) is 12.3 Å². The number of likely N-dealkylation sites (tertiary alicyclic amines) is 1. The minimum absolute atomic E-state index is 0.189. The van der Waals surface area contributed by atoms with Crippen molar-refractivity contribution in [2.45, 2.75) is 51.1 Å². The average Bonchev–Trinajstić information content (AvgIpc) is 3.14. The lowest BCUT2D eigenvalue weighted by molar-refractivity contribution is -0.139. The summed E-state index contributed by atoms with van der Waals surface area (Å²) in [5.41, 5.74) is 1.23. The molecule has 6 heteroatoms. The third-order valence-corrected chi connectivity index (χ3v) is 5.28. The SMILES string of the molecule is O=C(NCC1CCN(Cc2cccnc2)CC1)C(=O)NC1CCCC1. The number of aromatic nitrogens is 1. The van der Waals surface area contributed by atoms with Crippen LogP contribution in [0.3, 0.4) is 0 Å². The van der Waals surface area contributed by atoms with E-state index in [9.17, 15) is 9.59 Å². The molecule has 0 radical (unpaired) electrons. The van der Waals surface area contributed by atoms with E-state index in [2.05, 4.69) is 26.6 Å². The van der Waals surface area contributed by atoms with Gasteiger partial charge >= 0.3 is 11.8 Å². The van der Waals surface area contributed by atoms with Gasteiger partial charge in [-0.25, -0.2) is 0 Å². The number of piperidine rings is 1. The molecule has 0 aromatic carbocycles. The first kappa shape index (κ1) is 17.9. The van der Waals surface area contributed by atoms with E-state index in [0.29, 0.717) is 12.5 Å². The Morgan fingerprint density at radius 3 is 2.56 bits per heavy atom. The first-order chi connectivity index (χ1) is 12.2. The van der Waals surface area contributed by atoms with Crippen LogP contribution in [-0.4, -0.2) is 47.4 Å². The maximum atomic E-state index is 11.9. The third kappa shape index (κ3) is 5.53. The molecule has 6 nitrogen and oxygen atoms in total. The summed E-state index contributed by atoms with van der Waals surface area (Å²) in [7, 11) is 0. The monoisotopic (exact) mass is 344 g/mol. The van der Waals surface area contributed by atoms with Crippen LogP contribution in [0.15, 0.2) is 24.5 Å². The molecule has 136 valence electrons. The summed E-state index contributed by atoms with van der Waals surface area (Å²) >= 11 is 0. The van der Waals surface area contributed by atoms with Gasteiger partial charge < -0.3 is 10.6 Å². The van der Waals surface area contributed by atoms with Gasteiger partial charge in [0.15, 0.2) is 0 Å². The van der Waals surface area contributed by atoms with Gasteiger partial charge in [0, 0.05) is 31.5 Å². The zero-order valence-corrected chi connectivity index (χ0v) is 14.7. The molecule has 2 heterocycles. The van der Waals surface area contributed by atoms with E-state index < -0.39 is 11.8 Å². The fraction of sp³-hybridized carbons (Fsp3) is 0.632. The molecule has 1 aliphatic carbocycles. The van der Waals surface area contributed by atoms with Gasteiger partial charge in [-0.2, -0.15) is 0 Å². The third-order valence-electron chi connectivity index (χ3n) is 5.28. The molecular formula is C19H28N4O2. The molecule has 1 aromatic heterocycles. The number of pyridine rings is 1. The van der Waals surface area contributed by atoms with Crippen molar-refractivity contribution in [3.05, 3.63) is 30.1 Å². The van der Waals surface area contributed by atoms with Crippen molar-refractivity contribution in [1.82, 2.24) is 20.5 Å². The van der Waals surface area contributed by atoms with Crippen LogP contribution in [0.4, 0.5) is 0 Å². The zero-order chi connectivity index (χ0) is 17.5. The molecule has 2 N–H and O–H groups in total. The van der Waals surface area contributed by atoms with E-state index in [0.717, 1.165) is 58.2 Å². The first-order valence-corrected chi connectivity index (χ1v) is 9.40. The molecule has 2 amide bonds. The summed E-state index contributed by atoms with van der Waals surface area (Å²) < 4.78 is 0. The Morgan fingerprint density at radius 1 is 1.12 bits per heavy atom. The van der Waals surface area contributed by atoms with Crippen molar-refractivity contribution < 1.29 is 9.59 Å². The van der Waals surface area contributed by atoms with Gasteiger partial charge in [0.05, 0.1) is 0 Å². The van der Waals surface area contributed by atoms with Crippen molar-refractivity contribution in [3.63, 3.8) is 0 Å². The molecule has 3 rings (SSSR count). The van der Waals surface area contributed by atoms with Crippen LogP contribution in [0.25, 0.3) is 0 Å². The smallest absolute Gasteiger partial charge is 0.309 e. The number of rotatable bonds is 5. The molecule has 1 aromatic rings.